The summed E-state index contributed by atoms with van der Waals surface area (Å²) in [4.78, 5) is 33.4. The van der Waals surface area contributed by atoms with Crippen LogP contribution in [0, 0.1) is 5.92 Å². The first-order valence-electron chi connectivity index (χ1n) is 5.45. The van der Waals surface area contributed by atoms with Gasteiger partial charge in [-0.25, -0.2) is 0 Å². The maximum Gasteiger partial charge on any atom is 0.209 e. The second-order valence-electron chi connectivity index (χ2n) is 3.81. The minimum absolute atomic E-state index is 0.00585. The van der Waals surface area contributed by atoms with Crippen LogP contribution in [0.4, 0.5) is 0 Å². The molecule has 16 heavy (non-hydrogen) atoms. The molecule has 1 aliphatic carbocycles. The van der Waals surface area contributed by atoms with E-state index in [0.717, 1.165) is 6.42 Å². The van der Waals surface area contributed by atoms with Gasteiger partial charge in [-0.05, 0) is 19.3 Å². The second-order valence-corrected chi connectivity index (χ2v) is 3.81. The van der Waals surface area contributed by atoms with Crippen molar-refractivity contribution in [2.24, 2.45) is 5.92 Å². The summed E-state index contributed by atoms with van der Waals surface area (Å²) < 4.78 is 5.04. The van der Waals surface area contributed by atoms with Gasteiger partial charge in [0.2, 0.25) is 11.6 Å². The average molecular weight is 228 g/mol. The number of ether oxygens (including phenoxy) is 1. The van der Waals surface area contributed by atoms with Crippen LogP contribution >= 0.6 is 0 Å². The lowest BCUT2D eigenvalue weighted by atomic mass is 9.99. The molecule has 90 valence electrons. The number of Topliss-reactive ketones (excluding diaryl/α,β-unsaturated/α-hetero) is 3. The zero-order valence-corrected chi connectivity index (χ0v) is 9.11. The number of aliphatic hydroxyl groups is 1. The fourth-order valence-electron chi connectivity index (χ4n) is 1.72. The van der Waals surface area contributed by atoms with Gasteiger partial charge in [-0.1, -0.05) is 0 Å². The number of ketones is 3. The van der Waals surface area contributed by atoms with Crippen LogP contribution in [0.1, 0.15) is 25.7 Å². The van der Waals surface area contributed by atoms with Gasteiger partial charge in [-0.3, -0.25) is 14.4 Å². The predicted octanol–water partition coefficient (Wildman–Crippen LogP) is -0.107. The Morgan fingerprint density at radius 3 is 2.50 bits per heavy atom. The average Bonchev–Trinajstić information content (AvgIpc) is 2.49. The van der Waals surface area contributed by atoms with Crippen molar-refractivity contribution in [1.29, 1.82) is 0 Å². The van der Waals surface area contributed by atoms with Crippen molar-refractivity contribution < 1.29 is 24.2 Å². The predicted molar refractivity (Wildman–Crippen MR) is 54.9 cm³/mol. The van der Waals surface area contributed by atoms with E-state index >= 15 is 0 Å². The minimum atomic E-state index is -0.703. The second kappa shape index (κ2) is 6.50. The van der Waals surface area contributed by atoms with Gasteiger partial charge in [0.1, 0.15) is 0 Å². The summed E-state index contributed by atoms with van der Waals surface area (Å²) in [5.74, 6) is -2.02. The van der Waals surface area contributed by atoms with Gasteiger partial charge >= 0.3 is 0 Å². The van der Waals surface area contributed by atoms with Crippen molar-refractivity contribution in [3.05, 3.63) is 0 Å². The van der Waals surface area contributed by atoms with E-state index < -0.39 is 17.5 Å². The third kappa shape index (κ3) is 3.50. The Morgan fingerprint density at radius 2 is 1.94 bits per heavy atom. The number of hydrogen-bond donors (Lipinski definition) is 1. The zero-order chi connectivity index (χ0) is 12.0. The molecule has 0 aromatic rings. The van der Waals surface area contributed by atoms with Gasteiger partial charge in [0.25, 0.3) is 0 Å². The maximum absolute atomic E-state index is 11.3. The molecule has 1 unspecified atom stereocenters. The van der Waals surface area contributed by atoms with Gasteiger partial charge in [-0.15, -0.1) is 0 Å². The van der Waals surface area contributed by atoms with Crippen LogP contribution < -0.4 is 0 Å². The molecule has 0 aliphatic heterocycles. The van der Waals surface area contributed by atoms with E-state index in [-0.39, 0.29) is 18.8 Å². The Balaban J connectivity index is 2.15. The van der Waals surface area contributed by atoms with Crippen LogP contribution in [-0.4, -0.2) is 42.3 Å². The number of hydrogen-bond acceptors (Lipinski definition) is 5. The topological polar surface area (TPSA) is 80.7 Å². The van der Waals surface area contributed by atoms with Gasteiger partial charge in [-0.2, -0.15) is 0 Å². The van der Waals surface area contributed by atoms with Crippen molar-refractivity contribution in [2.45, 2.75) is 25.7 Å². The molecular formula is C11H16O5. The fourth-order valence-corrected chi connectivity index (χ4v) is 1.72. The molecular weight excluding hydrogens is 212 g/mol. The third-order valence-electron chi connectivity index (χ3n) is 2.58. The highest BCUT2D eigenvalue weighted by atomic mass is 16.5. The molecule has 0 amide bonds. The molecule has 1 rings (SSSR count). The Bertz CT molecular complexity index is 284. The number of carbonyl (C=O) groups is 3. The molecule has 0 bridgehead atoms. The lowest BCUT2D eigenvalue weighted by Gasteiger charge is -2.05. The van der Waals surface area contributed by atoms with E-state index in [9.17, 15) is 14.4 Å². The Hall–Kier alpha value is -1.07. The minimum Gasteiger partial charge on any atom is -0.394 e. The van der Waals surface area contributed by atoms with E-state index in [4.69, 9.17) is 9.84 Å². The van der Waals surface area contributed by atoms with Crippen LogP contribution in [0.25, 0.3) is 0 Å². The lowest BCUT2D eigenvalue weighted by Crippen LogP contribution is -2.17. The van der Waals surface area contributed by atoms with E-state index in [0.29, 0.717) is 26.1 Å². The molecule has 5 heteroatoms. The van der Waals surface area contributed by atoms with Crippen molar-refractivity contribution in [1.82, 2.24) is 0 Å². The summed E-state index contributed by atoms with van der Waals surface area (Å²) in [6.07, 6.45) is 1.63. The molecule has 0 aromatic carbocycles. The van der Waals surface area contributed by atoms with Crippen LogP contribution in [0.3, 0.4) is 0 Å². The molecule has 0 heterocycles. The summed E-state index contributed by atoms with van der Waals surface area (Å²) in [7, 11) is 0. The zero-order valence-electron chi connectivity index (χ0n) is 9.11. The highest BCUT2D eigenvalue weighted by molar-refractivity contribution is 6.49. The molecule has 0 spiro atoms. The Labute approximate surface area is 93.8 Å². The summed E-state index contributed by atoms with van der Waals surface area (Å²) in [6, 6.07) is 0. The van der Waals surface area contributed by atoms with Crippen molar-refractivity contribution in [3.8, 4) is 0 Å². The first kappa shape index (κ1) is 13.0. The molecule has 5 nitrogen and oxygen atoms in total. The third-order valence-corrected chi connectivity index (χ3v) is 2.58. The molecule has 1 atom stereocenters. The van der Waals surface area contributed by atoms with E-state index in [1.807, 2.05) is 0 Å². The smallest absolute Gasteiger partial charge is 0.209 e. The Morgan fingerprint density at radius 1 is 1.19 bits per heavy atom. The molecule has 1 fully saturated rings. The molecule has 0 aromatic heterocycles. The van der Waals surface area contributed by atoms with Gasteiger partial charge in [0.15, 0.2) is 5.78 Å². The highest BCUT2D eigenvalue weighted by Crippen LogP contribution is 2.20. The summed E-state index contributed by atoms with van der Waals surface area (Å²) in [5, 5.41) is 8.44. The molecule has 1 saturated carbocycles. The number of rotatable bonds is 7. The van der Waals surface area contributed by atoms with E-state index in [1.54, 1.807) is 0 Å². The van der Waals surface area contributed by atoms with E-state index in [2.05, 4.69) is 0 Å². The first-order chi connectivity index (χ1) is 7.66. The van der Waals surface area contributed by atoms with E-state index in [1.165, 1.54) is 0 Å². The van der Waals surface area contributed by atoms with Gasteiger partial charge < -0.3 is 9.84 Å². The fraction of sp³-hybridized carbons (Fsp3) is 0.727. The quantitative estimate of drug-likeness (QED) is 0.373. The lowest BCUT2D eigenvalue weighted by molar-refractivity contribution is -0.136. The number of aliphatic hydroxyl groups excluding tert-OH is 1. The monoisotopic (exact) mass is 228 g/mol. The summed E-state index contributed by atoms with van der Waals surface area (Å²) >= 11 is 0. The standard InChI is InChI=1S/C11H16O5/c12-4-6-16-5-2-1-3-8-9(13)7-10(14)11(8)15/h8,12H,1-7H2. The highest BCUT2D eigenvalue weighted by Gasteiger charge is 2.39. The molecule has 0 saturated heterocycles. The normalized spacial score (nSPS) is 20.8. The summed E-state index contributed by atoms with van der Waals surface area (Å²) in [5.41, 5.74) is 0. The van der Waals surface area contributed by atoms with Crippen LogP contribution in [0.5, 0.6) is 0 Å². The van der Waals surface area contributed by atoms with Crippen LogP contribution in [-0.2, 0) is 19.1 Å². The van der Waals surface area contributed by atoms with Crippen LogP contribution in [0.15, 0.2) is 0 Å². The SMILES string of the molecule is O=C1CC(=O)C(CCCCOCCO)C1=O. The number of carbonyl (C=O) groups excluding carboxylic acids is 3. The van der Waals surface area contributed by atoms with Gasteiger partial charge in [0.05, 0.1) is 25.6 Å². The van der Waals surface area contributed by atoms with Crippen molar-refractivity contribution in [3.63, 3.8) is 0 Å². The van der Waals surface area contributed by atoms with Crippen molar-refractivity contribution in [2.75, 3.05) is 19.8 Å². The molecule has 1 N–H and O–H groups in total. The molecule has 1 aliphatic rings. The summed E-state index contributed by atoms with van der Waals surface area (Å²) in [6.45, 7) is 0.803. The maximum atomic E-state index is 11.3. The Kier molecular flexibility index (Phi) is 5.28. The molecule has 0 radical (unpaired) electrons. The number of unbranched alkanes of at least 4 members (excludes halogenated alkanes) is 1. The van der Waals surface area contributed by atoms with Gasteiger partial charge in [0, 0.05) is 6.61 Å². The van der Waals surface area contributed by atoms with Crippen molar-refractivity contribution >= 4 is 17.3 Å². The van der Waals surface area contributed by atoms with Crippen LogP contribution in [0.2, 0.25) is 0 Å². The largest absolute Gasteiger partial charge is 0.394 e. The first-order valence-corrected chi connectivity index (χ1v) is 5.45.